The molecule has 5 nitrogen and oxygen atoms in total. The summed E-state index contributed by atoms with van der Waals surface area (Å²) in [6.45, 7) is 10.6. The maximum absolute atomic E-state index is 12.6. The zero-order valence-corrected chi connectivity index (χ0v) is 18.9. The van der Waals surface area contributed by atoms with Crippen molar-refractivity contribution in [1.29, 1.82) is 0 Å². The van der Waals surface area contributed by atoms with Crippen LogP contribution < -0.4 is 14.2 Å². The molecular formula is C24H40O5. The van der Waals surface area contributed by atoms with E-state index < -0.39 is 0 Å². The molecule has 0 spiro atoms. The van der Waals surface area contributed by atoms with Gasteiger partial charge in [0, 0.05) is 0 Å². The van der Waals surface area contributed by atoms with E-state index in [-0.39, 0.29) is 5.97 Å². The highest BCUT2D eigenvalue weighted by Crippen LogP contribution is 2.39. The van der Waals surface area contributed by atoms with Crippen LogP contribution in [0, 0.1) is 0 Å². The molecule has 1 rings (SSSR count). The molecule has 0 aromatic heterocycles. The van der Waals surface area contributed by atoms with Crippen LogP contribution in [0.5, 0.6) is 17.2 Å². The molecule has 0 aliphatic rings. The Balaban J connectivity index is 3.08. The van der Waals surface area contributed by atoms with Gasteiger partial charge in [-0.15, -0.1) is 0 Å². The number of carbonyl (C=O) groups excluding carboxylic acids is 1. The maximum atomic E-state index is 12.6. The SMILES string of the molecule is CCCCCOC(=O)c1cc(OCCCC)c(OCCCC)c(OCCCC)c1. The van der Waals surface area contributed by atoms with Gasteiger partial charge >= 0.3 is 5.97 Å². The van der Waals surface area contributed by atoms with Crippen LogP contribution in [-0.4, -0.2) is 32.4 Å². The third-order valence-corrected chi connectivity index (χ3v) is 4.49. The van der Waals surface area contributed by atoms with Crippen molar-refractivity contribution in [3.63, 3.8) is 0 Å². The van der Waals surface area contributed by atoms with Crippen molar-refractivity contribution in [2.75, 3.05) is 26.4 Å². The lowest BCUT2D eigenvalue weighted by Crippen LogP contribution is -2.10. The highest BCUT2D eigenvalue weighted by atomic mass is 16.5. The second-order valence-electron chi connectivity index (χ2n) is 7.25. The molecule has 29 heavy (non-hydrogen) atoms. The molecule has 0 aliphatic carbocycles. The lowest BCUT2D eigenvalue weighted by molar-refractivity contribution is 0.0497. The molecule has 1 aromatic carbocycles. The molecule has 0 saturated heterocycles. The third kappa shape index (κ3) is 9.91. The zero-order chi connectivity index (χ0) is 21.3. The lowest BCUT2D eigenvalue weighted by Gasteiger charge is -2.18. The van der Waals surface area contributed by atoms with Crippen molar-refractivity contribution in [1.82, 2.24) is 0 Å². The third-order valence-electron chi connectivity index (χ3n) is 4.49. The number of benzene rings is 1. The van der Waals surface area contributed by atoms with Crippen LogP contribution in [0.15, 0.2) is 12.1 Å². The van der Waals surface area contributed by atoms with E-state index in [2.05, 4.69) is 27.7 Å². The minimum Gasteiger partial charge on any atom is -0.490 e. The Bertz CT molecular complexity index is 539. The maximum Gasteiger partial charge on any atom is 0.338 e. The molecule has 0 N–H and O–H groups in total. The minimum absolute atomic E-state index is 0.345. The van der Waals surface area contributed by atoms with Gasteiger partial charge in [0.2, 0.25) is 5.75 Å². The van der Waals surface area contributed by atoms with Gasteiger partial charge in [0.05, 0.1) is 32.0 Å². The molecule has 0 bridgehead atoms. The average Bonchev–Trinajstić information content (AvgIpc) is 2.72. The Hall–Kier alpha value is -1.91. The van der Waals surface area contributed by atoms with Crippen molar-refractivity contribution in [2.24, 2.45) is 0 Å². The van der Waals surface area contributed by atoms with Gasteiger partial charge in [-0.3, -0.25) is 0 Å². The number of esters is 1. The first-order valence-electron chi connectivity index (χ1n) is 11.4. The van der Waals surface area contributed by atoms with E-state index in [0.717, 1.165) is 57.8 Å². The van der Waals surface area contributed by atoms with E-state index >= 15 is 0 Å². The number of ether oxygens (including phenoxy) is 4. The van der Waals surface area contributed by atoms with Gasteiger partial charge < -0.3 is 18.9 Å². The zero-order valence-electron chi connectivity index (χ0n) is 18.9. The molecule has 5 heteroatoms. The Morgan fingerprint density at radius 2 is 1.14 bits per heavy atom. The number of carbonyl (C=O) groups is 1. The number of unbranched alkanes of at least 4 members (excludes halogenated alkanes) is 5. The van der Waals surface area contributed by atoms with Crippen LogP contribution in [0.25, 0.3) is 0 Å². The smallest absolute Gasteiger partial charge is 0.338 e. The largest absolute Gasteiger partial charge is 0.490 e. The molecule has 0 amide bonds. The van der Waals surface area contributed by atoms with E-state index in [4.69, 9.17) is 18.9 Å². The number of hydrogen-bond acceptors (Lipinski definition) is 5. The second kappa shape index (κ2) is 15.9. The van der Waals surface area contributed by atoms with Crippen molar-refractivity contribution >= 4 is 5.97 Å². The fourth-order valence-corrected chi connectivity index (χ4v) is 2.62. The van der Waals surface area contributed by atoms with E-state index in [1.807, 2.05) is 0 Å². The molecule has 0 saturated carbocycles. The van der Waals surface area contributed by atoms with Crippen LogP contribution in [-0.2, 0) is 4.74 Å². The minimum atomic E-state index is -0.345. The van der Waals surface area contributed by atoms with Gasteiger partial charge in [-0.2, -0.15) is 0 Å². The molecular weight excluding hydrogens is 368 g/mol. The normalized spacial score (nSPS) is 10.6. The average molecular weight is 409 g/mol. The summed E-state index contributed by atoms with van der Waals surface area (Å²) in [6, 6.07) is 3.46. The van der Waals surface area contributed by atoms with E-state index in [9.17, 15) is 4.79 Å². The fourth-order valence-electron chi connectivity index (χ4n) is 2.62. The van der Waals surface area contributed by atoms with Crippen LogP contribution in [0.3, 0.4) is 0 Å². The highest BCUT2D eigenvalue weighted by Gasteiger charge is 2.19. The quantitative estimate of drug-likeness (QED) is 0.215. The molecule has 0 radical (unpaired) electrons. The molecule has 0 unspecified atom stereocenters. The molecule has 1 aromatic rings. The van der Waals surface area contributed by atoms with Crippen molar-refractivity contribution < 1.29 is 23.7 Å². The highest BCUT2D eigenvalue weighted by molar-refractivity contribution is 5.91. The predicted molar refractivity (Wildman–Crippen MR) is 117 cm³/mol. The topological polar surface area (TPSA) is 54.0 Å². The summed E-state index contributed by atoms with van der Waals surface area (Å²) in [5, 5.41) is 0. The Kier molecular flexibility index (Phi) is 13.8. The Morgan fingerprint density at radius 3 is 1.62 bits per heavy atom. The monoisotopic (exact) mass is 408 g/mol. The van der Waals surface area contributed by atoms with E-state index in [1.54, 1.807) is 12.1 Å². The first-order valence-corrected chi connectivity index (χ1v) is 11.4. The predicted octanol–water partition coefficient (Wildman–Crippen LogP) is 6.57. The number of rotatable bonds is 17. The van der Waals surface area contributed by atoms with Crippen molar-refractivity contribution in [3.8, 4) is 17.2 Å². The van der Waals surface area contributed by atoms with Gasteiger partial charge in [0.1, 0.15) is 0 Å². The lowest BCUT2D eigenvalue weighted by atomic mass is 10.1. The van der Waals surface area contributed by atoms with Gasteiger partial charge in [-0.1, -0.05) is 59.8 Å². The molecule has 0 aliphatic heterocycles. The molecule has 166 valence electrons. The van der Waals surface area contributed by atoms with Gasteiger partial charge in [-0.05, 0) is 37.8 Å². The van der Waals surface area contributed by atoms with Crippen LogP contribution in [0.2, 0.25) is 0 Å². The standard InChI is InChI=1S/C24H40O5/c1-5-9-13-17-29-24(25)20-18-21(26-14-10-6-2)23(28-16-12-8-4)22(19-20)27-15-11-7-3/h18-19H,5-17H2,1-4H3. The Morgan fingerprint density at radius 1 is 0.655 bits per heavy atom. The Labute approximate surface area is 177 Å². The van der Waals surface area contributed by atoms with Gasteiger partial charge in [-0.25, -0.2) is 4.79 Å². The van der Waals surface area contributed by atoms with Crippen molar-refractivity contribution in [2.45, 2.75) is 85.5 Å². The second-order valence-corrected chi connectivity index (χ2v) is 7.25. The van der Waals surface area contributed by atoms with Gasteiger partial charge in [0.15, 0.2) is 11.5 Å². The summed E-state index contributed by atoms with van der Waals surface area (Å²) >= 11 is 0. The summed E-state index contributed by atoms with van der Waals surface area (Å²) < 4.78 is 23.4. The first kappa shape index (κ1) is 25.1. The summed E-state index contributed by atoms with van der Waals surface area (Å²) in [7, 11) is 0. The van der Waals surface area contributed by atoms with Crippen LogP contribution in [0.4, 0.5) is 0 Å². The summed E-state index contributed by atoms with van der Waals surface area (Å²) in [5.41, 5.74) is 0.447. The number of hydrogen-bond donors (Lipinski definition) is 0. The van der Waals surface area contributed by atoms with E-state index in [0.29, 0.717) is 49.2 Å². The van der Waals surface area contributed by atoms with Crippen molar-refractivity contribution in [3.05, 3.63) is 17.7 Å². The molecule has 0 heterocycles. The van der Waals surface area contributed by atoms with E-state index in [1.165, 1.54) is 0 Å². The van der Waals surface area contributed by atoms with Crippen LogP contribution >= 0.6 is 0 Å². The van der Waals surface area contributed by atoms with Gasteiger partial charge in [0.25, 0.3) is 0 Å². The molecule has 0 atom stereocenters. The summed E-state index contributed by atoms with van der Waals surface area (Å²) in [6.07, 6.45) is 8.94. The summed E-state index contributed by atoms with van der Waals surface area (Å²) in [4.78, 5) is 12.6. The molecule has 0 fully saturated rings. The first-order chi connectivity index (χ1) is 14.2. The fraction of sp³-hybridized carbons (Fsp3) is 0.708. The van der Waals surface area contributed by atoms with Crippen LogP contribution in [0.1, 0.15) is 95.8 Å². The summed E-state index contributed by atoms with van der Waals surface area (Å²) in [5.74, 6) is 1.36.